The van der Waals surface area contributed by atoms with E-state index in [1.54, 1.807) is 18.2 Å². The third-order valence-corrected chi connectivity index (χ3v) is 5.74. The highest BCUT2D eigenvalue weighted by Gasteiger charge is 2.38. The third-order valence-electron chi connectivity index (χ3n) is 3.49. The van der Waals surface area contributed by atoms with E-state index in [0.29, 0.717) is 17.0 Å². The molecular weight excluding hydrogens is 286 g/mol. The number of aliphatic hydroxyl groups excluding tert-OH is 1. The van der Waals surface area contributed by atoms with E-state index in [1.807, 2.05) is 13.0 Å². The zero-order valence-electron chi connectivity index (χ0n) is 10.8. The summed E-state index contributed by atoms with van der Waals surface area (Å²) in [6, 6.07) is 7.10. The molecule has 1 aromatic carbocycles. The Bertz CT molecular complexity index is 561. The van der Waals surface area contributed by atoms with Crippen LogP contribution in [0, 0.1) is 0 Å². The molecular formula is C13H18ClNO3S. The van der Waals surface area contributed by atoms with Crippen LogP contribution in [0.5, 0.6) is 0 Å². The van der Waals surface area contributed by atoms with Crippen LogP contribution in [0.1, 0.15) is 25.0 Å². The van der Waals surface area contributed by atoms with Gasteiger partial charge in [0.05, 0.1) is 17.6 Å². The average Bonchev–Trinajstić information content (AvgIpc) is 2.62. The average molecular weight is 304 g/mol. The van der Waals surface area contributed by atoms with E-state index in [-0.39, 0.29) is 18.1 Å². The summed E-state index contributed by atoms with van der Waals surface area (Å²) >= 11 is 6.01. The van der Waals surface area contributed by atoms with E-state index in [4.69, 9.17) is 11.6 Å². The number of rotatable bonds is 4. The zero-order chi connectivity index (χ0) is 14.1. The van der Waals surface area contributed by atoms with Crippen LogP contribution in [-0.4, -0.2) is 37.1 Å². The van der Waals surface area contributed by atoms with Gasteiger partial charge in [-0.1, -0.05) is 29.8 Å². The molecule has 2 rings (SSSR count). The number of sulfone groups is 1. The minimum atomic E-state index is -2.94. The van der Waals surface area contributed by atoms with Gasteiger partial charge in [0.25, 0.3) is 0 Å². The van der Waals surface area contributed by atoms with Crippen LogP contribution < -0.4 is 5.32 Å². The van der Waals surface area contributed by atoms with Gasteiger partial charge >= 0.3 is 0 Å². The molecule has 106 valence electrons. The first-order chi connectivity index (χ1) is 8.81. The quantitative estimate of drug-likeness (QED) is 0.885. The van der Waals surface area contributed by atoms with E-state index in [2.05, 4.69) is 5.32 Å². The number of hydrogen-bond donors (Lipinski definition) is 2. The van der Waals surface area contributed by atoms with Gasteiger partial charge in [0.15, 0.2) is 9.84 Å². The molecule has 1 saturated heterocycles. The summed E-state index contributed by atoms with van der Waals surface area (Å²) in [5, 5.41) is 13.8. The third kappa shape index (κ3) is 3.69. The van der Waals surface area contributed by atoms with E-state index >= 15 is 0 Å². The van der Waals surface area contributed by atoms with Gasteiger partial charge in [-0.2, -0.15) is 0 Å². The monoisotopic (exact) mass is 303 g/mol. The van der Waals surface area contributed by atoms with Crippen molar-refractivity contribution in [1.82, 2.24) is 5.32 Å². The van der Waals surface area contributed by atoms with Crippen LogP contribution in [0.4, 0.5) is 0 Å². The van der Waals surface area contributed by atoms with Crippen molar-refractivity contribution in [2.24, 2.45) is 0 Å². The minimum absolute atomic E-state index is 0.120. The van der Waals surface area contributed by atoms with Gasteiger partial charge in [-0.25, -0.2) is 8.42 Å². The Morgan fingerprint density at radius 1 is 1.47 bits per heavy atom. The zero-order valence-corrected chi connectivity index (χ0v) is 12.3. The first-order valence-electron chi connectivity index (χ1n) is 6.19. The van der Waals surface area contributed by atoms with Gasteiger partial charge in [0.1, 0.15) is 0 Å². The smallest absolute Gasteiger partial charge is 0.152 e. The summed E-state index contributed by atoms with van der Waals surface area (Å²) < 4.78 is 23.0. The lowest BCUT2D eigenvalue weighted by atomic mass is 10.0. The van der Waals surface area contributed by atoms with Crippen LogP contribution in [0.2, 0.25) is 5.02 Å². The predicted molar refractivity (Wildman–Crippen MR) is 76.1 cm³/mol. The molecule has 2 unspecified atom stereocenters. The standard InChI is InChI=1S/C13H18ClNO3S/c1-13(6-7-19(17,18)9-13)15-8-12(16)10-4-2-3-5-11(10)14/h2-5,12,15-16H,6-9H2,1H3. The van der Waals surface area contributed by atoms with Crippen molar-refractivity contribution >= 4 is 21.4 Å². The topological polar surface area (TPSA) is 66.4 Å². The fraction of sp³-hybridized carbons (Fsp3) is 0.538. The number of hydrogen-bond acceptors (Lipinski definition) is 4. The lowest BCUT2D eigenvalue weighted by Gasteiger charge is -2.26. The molecule has 1 aliphatic rings. The Kier molecular flexibility index (Phi) is 4.20. The summed E-state index contributed by atoms with van der Waals surface area (Å²) in [7, 11) is -2.94. The molecule has 19 heavy (non-hydrogen) atoms. The number of aliphatic hydroxyl groups is 1. The van der Waals surface area contributed by atoms with E-state index < -0.39 is 21.5 Å². The second-order valence-corrected chi connectivity index (χ2v) is 7.91. The Balaban J connectivity index is 1.98. The summed E-state index contributed by atoms with van der Waals surface area (Å²) in [6.07, 6.45) is -0.168. The molecule has 1 aromatic rings. The summed E-state index contributed by atoms with van der Waals surface area (Å²) in [5.41, 5.74) is 0.197. The number of halogens is 1. The molecule has 0 amide bonds. The van der Waals surface area contributed by atoms with Gasteiger partial charge in [-0.15, -0.1) is 0 Å². The van der Waals surface area contributed by atoms with Crippen molar-refractivity contribution in [3.63, 3.8) is 0 Å². The van der Waals surface area contributed by atoms with Crippen molar-refractivity contribution in [2.75, 3.05) is 18.1 Å². The molecule has 0 saturated carbocycles. The lowest BCUT2D eigenvalue weighted by Crippen LogP contribution is -2.45. The van der Waals surface area contributed by atoms with Crippen molar-refractivity contribution < 1.29 is 13.5 Å². The number of nitrogens with one attached hydrogen (secondary N) is 1. The van der Waals surface area contributed by atoms with Crippen LogP contribution >= 0.6 is 11.6 Å². The molecule has 4 nitrogen and oxygen atoms in total. The highest BCUT2D eigenvalue weighted by Crippen LogP contribution is 2.25. The maximum Gasteiger partial charge on any atom is 0.152 e. The van der Waals surface area contributed by atoms with Crippen LogP contribution in [0.25, 0.3) is 0 Å². The first-order valence-corrected chi connectivity index (χ1v) is 8.39. The second-order valence-electron chi connectivity index (χ2n) is 5.32. The van der Waals surface area contributed by atoms with E-state index in [9.17, 15) is 13.5 Å². The predicted octanol–water partition coefficient (Wildman–Crippen LogP) is 1.54. The van der Waals surface area contributed by atoms with Gasteiger partial charge in [0, 0.05) is 22.7 Å². The molecule has 1 heterocycles. The maximum atomic E-state index is 11.5. The molecule has 2 atom stereocenters. The Morgan fingerprint density at radius 3 is 2.74 bits per heavy atom. The number of β-amino-alcohol motifs (C(OH)–C–C–N with tert-alkyl or cyclic N) is 1. The fourth-order valence-corrected chi connectivity index (χ4v) is 4.73. The van der Waals surface area contributed by atoms with Crippen LogP contribution in [-0.2, 0) is 9.84 Å². The van der Waals surface area contributed by atoms with Gasteiger partial charge in [0.2, 0.25) is 0 Å². The SMILES string of the molecule is CC1(NCC(O)c2ccccc2Cl)CCS(=O)(=O)C1. The van der Waals surface area contributed by atoms with E-state index in [0.717, 1.165) is 0 Å². The second kappa shape index (κ2) is 5.40. The summed E-state index contributed by atoms with van der Waals surface area (Å²) in [4.78, 5) is 0. The van der Waals surface area contributed by atoms with Gasteiger partial charge < -0.3 is 10.4 Å². The van der Waals surface area contributed by atoms with Crippen molar-refractivity contribution in [2.45, 2.75) is 25.0 Å². The molecule has 0 aromatic heterocycles. The highest BCUT2D eigenvalue weighted by molar-refractivity contribution is 7.91. The number of benzene rings is 1. The molecule has 6 heteroatoms. The Hall–Kier alpha value is -0.620. The molecule has 0 radical (unpaired) electrons. The first kappa shape index (κ1) is 14.8. The van der Waals surface area contributed by atoms with Crippen molar-refractivity contribution in [1.29, 1.82) is 0 Å². The fourth-order valence-electron chi connectivity index (χ4n) is 2.35. The van der Waals surface area contributed by atoms with Gasteiger partial charge in [-0.3, -0.25) is 0 Å². The van der Waals surface area contributed by atoms with Gasteiger partial charge in [-0.05, 0) is 19.4 Å². The molecule has 1 aliphatic heterocycles. The summed E-state index contributed by atoms with van der Waals surface area (Å²) in [6.45, 7) is 2.16. The van der Waals surface area contributed by atoms with Crippen molar-refractivity contribution in [3.05, 3.63) is 34.9 Å². The highest BCUT2D eigenvalue weighted by atomic mass is 35.5. The molecule has 0 aliphatic carbocycles. The Morgan fingerprint density at radius 2 is 2.16 bits per heavy atom. The molecule has 0 bridgehead atoms. The maximum absolute atomic E-state index is 11.5. The molecule has 0 spiro atoms. The Labute approximate surface area is 118 Å². The van der Waals surface area contributed by atoms with E-state index in [1.165, 1.54) is 0 Å². The van der Waals surface area contributed by atoms with Crippen LogP contribution in [0.3, 0.4) is 0 Å². The van der Waals surface area contributed by atoms with Crippen molar-refractivity contribution in [3.8, 4) is 0 Å². The summed E-state index contributed by atoms with van der Waals surface area (Å²) in [5.74, 6) is 0.327. The minimum Gasteiger partial charge on any atom is -0.387 e. The largest absolute Gasteiger partial charge is 0.387 e. The molecule has 1 fully saturated rings. The molecule has 2 N–H and O–H groups in total. The normalized spacial score (nSPS) is 27.3. The lowest BCUT2D eigenvalue weighted by molar-refractivity contribution is 0.162. The van der Waals surface area contributed by atoms with Crippen LogP contribution in [0.15, 0.2) is 24.3 Å².